The zero-order valence-electron chi connectivity index (χ0n) is 6.04. The molecule has 0 rings (SSSR count). The maximum Gasteiger partial charge on any atom is 0.100 e. The van der Waals surface area contributed by atoms with Gasteiger partial charge in [0.05, 0.1) is 13.2 Å². The summed E-state index contributed by atoms with van der Waals surface area (Å²) in [4.78, 5) is 0. The molecule has 0 spiro atoms. The summed E-state index contributed by atoms with van der Waals surface area (Å²) in [5.41, 5.74) is 0. The van der Waals surface area contributed by atoms with Gasteiger partial charge in [0.15, 0.2) is 0 Å². The largest absolute Gasteiger partial charge is 0.394 e. The maximum atomic E-state index is 8.17. The van der Waals surface area contributed by atoms with E-state index in [9.17, 15) is 0 Å². The van der Waals surface area contributed by atoms with Crippen LogP contribution in [0.25, 0.3) is 0 Å². The number of aliphatic hydroxyl groups excluding tert-OH is 3. The molecule has 0 unspecified atom stereocenters. The minimum Gasteiger partial charge on any atom is -0.394 e. The van der Waals surface area contributed by atoms with Gasteiger partial charge < -0.3 is 15.3 Å². The van der Waals surface area contributed by atoms with Crippen LogP contribution in [-0.4, -0.2) is 34.6 Å². The molecule has 0 amide bonds. The Morgan fingerprint density at radius 2 is 1.33 bits per heavy atom. The second-order valence-electron chi connectivity index (χ2n) is 1.73. The SMILES string of the molecule is CCC.OCC(O)CO. The molecule has 58 valence electrons. The van der Waals surface area contributed by atoms with Crippen LogP contribution in [0.5, 0.6) is 0 Å². The fraction of sp³-hybridized carbons (Fsp3) is 1.00. The lowest BCUT2D eigenvalue weighted by molar-refractivity contribution is 0.0450. The van der Waals surface area contributed by atoms with Gasteiger partial charge in [-0.05, 0) is 0 Å². The van der Waals surface area contributed by atoms with E-state index >= 15 is 0 Å². The van der Waals surface area contributed by atoms with Gasteiger partial charge in [-0.3, -0.25) is 0 Å². The summed E-state index contributed by atoms with van der Waals surface area (Å²) < 4.78 is 0. The maximum absolute atomic E-state index is 8.17. The van der Waals surface area contributed by atoms with Gasteiger partial charge >= 0.3 is 0 Å². The van der Waals surface area contributed by atoms with Crippen molar-refractivity contribution in [2.24, 2.45) is 0 Å². The molecule has 3 heteroatoms. The third kappa shape index (κ3) is 18.1. The summed E-state index contributed by atoms with van der Waals surface area (Å²) >= 11 is 0. The number of aliphatic hydroxyl groups is 3. The summed E-state index contributed by atoms with van der Waals surface area (Å²) in [6.45, 7) is 3.52. The fourth-order valence-electron chi connectivity index (χ4n) is 0.0577. The van der Waals surface area contributed by atoms with Crippen molar-refractivity contribution >= 4 is 0 Å². The molecule has 0 bridgehead atoms. The van der Waals surface area contributed by atoms with Crippen LogP contribution in [0.2, 0.25) is 0 Å². The molecule has 0 saturated carbocycles. The Bertz CT molecular complexity index is 35.3. The Kier molecular flexibility index (Phi) is 14.0. The van der Waals surface area contributed by atoms with Crippen molar-refractivity contribution in [1.82, 2.24) is 0 Å². The predicted octanol–water partition coefficient (Wildman–Crippen LogP) is -0.252. The molecule has 0 aromatic rings. The summed E-state index contributed by atoms with van der Waals surface area (Å²) in [7, 11) is 0. The average molecular weight is 136 g/mol. The summed E-state index contributed by atoms with van der Waals surface area (Å²) in [6.07, 6.45) is 0.296. The molecule has 0 saturated heterocycles. The van der Waals surface area contributed by atoms with Gasteiger partial charge in [-0.2, -0.15) is 0 Å². The molecule has 0 aromatic heterocycles. The molecule has 0 aliphatic rings. The lowest BCUT2D eigenvalue weighted by atomic mass is 10.4. The zero-order valence-corrected chi connectivity index (χ0v) is 6.04. The standard InChI is InChI=1S/C3H8O3.C3H8/c4-1-3(6)2-5;1-3-2/h3-6H,1-2H2;3H2,1-2H3. The van der Waals surface area contributed by atoms with Crippen LogP contribution in [0.3, 0.4) is 0 Å². The minimum atomic E-state index is -0.954. The summed E-state index contributed by atoms with van der Waals surface area (Å²) in [6, 6.07) is 0. The van der Waals surface area contributed by atoms with Crippen LogP contribution < -0.4 is 0 Å². The molecule has 0 radical (unpaired) electrons. The Labute approximate surface area is 56.0 Å². The molecular weight excluding hydrogens is 120 g/mol. The molecule has 0 heterocycles. The molecule has 0 aliphatic carbocycles. The molecule has 3 nitrogen and oxygen atoms in total. The van der Waals surface area contributed by atoms with Gasteiger partial charge in [-0.15, -0.1) is 0 Å². The van der Waals surface area contributed by atoms with Crippen molar-refractivity contribution < 1.29 is 15.3 Å². The number of rotatable bonds is 2. The first-order chi connectivity index (χ1) is 4.22. The van der Waals surface area contributed by atoms with Crippen molar-refractivity contribution in [3.05, 3.63) is 0 Å². The van der Waals surface area contributed by atoms with E-state index in [2.05, 4.69) is 13.8 Å². The van der Waals surface area contributed by atoms with E-state index < -0.39 is 6.10 Å². The highest BCUT2D eigenvalue weighted by molar-refractivity contribution is 4.43. The number of hydrogen-bond donors (Lipinski definition) is 3. The highest BCUT2D eigenvalue weighted by Crippen LogP contribution is 1.71. The van der Waals surface area contributed by atoms with Gasteiger partial charge in [-0.25, -0.2) is 0 Å². The van der Waals surface area contributed by atoms with Crippen LogP contribution in [0, 0.1) is 0 Å². The van der Waals surface area contributed by atoms with Crippen LogP contribution in [0.4, 0.5) is 0 Å². The van der Waals surface area contributed by atoms with Gasteiger partial charge in [0.1, 0.15) is 6.10 Å². The molecule has 0 aromatic carbocycles. The Hall–Kier alpha value is -0.120. The van der Waals surface area contributed by atoms with E-state index in [0.29, 0.717) is 0 Å². The molecule has 0 aliphatic heterocycles. The molecule has 0 atom stereocenters. The normalized spacial score (nSPS) is 8.67. The lowest BCUT2D eigenvalue weighted by Gasteiger charge is -1.96. The van der Waals surface area contributed by atoms with E-state index in [1.165, 1.54) is 6.42 Å². The predicted molar refractivity (Wildman–Crippen MR) is 36.1 cm³/mol. The third-order valence-corrected chi connectivity index (χ3v) is 0.421. The van der Waals surface area contributed by atoms with Crippen molar-refractivity contribution in [3.8, 4) is 0 Å². The van der Waals surface area contributed by atoms with Crippen molar-refractivity contribution in [1.29, 1.82) is 0 Å². The molecule has 9 heavy (non-hydrogen) atoms. The van der Waals surface area contributed by atoms with Gasteiger partial charge in [-0.1, -0.05) is 20.3 Å². The van der Waals surface area contributed by atoms with E-state index in [1.807, 2.05) is 0 Å². The summed E-state index contributed by atoms with van der Waals surface area (Å²) in [5.74, 6) is 0. The first-order valence-corrected chi connectivity index (χ1v) is 3.12. The van der Waals surface area contributed by atoms with E-state index in [0.717, 1.165) is 0 Å². The fourth-order valence-corrected chi connectivity index (χ4v) is 0.0577. The Morgan fingerprint density at radius 3 is 1.33 bits per heavy atom. The van der Waals surface area contributed by atoms with Gasteiger partial charge in [0.25, 0.3) is 0 Å². The van der Waals surface area contributed by atoms with Crippen LogP contribution >= 0.6 is 0 Å². The second kappa shape index (κ2) is 10.8. The quantitative estimate of drug-likeness (QED) is 0.490. The Morgan fingerprint density at radius 1 is 1.11 bits per heavy atom. The minimum absolute atomic E-state index is 0.365. The van der Waals surface area contributed by atoms with Crippen molar-refractivity contribution in [2.75, 3.05) is 13.2 Å². The van der Waals surface area contributed by atoms with Gasteiger partial charge in [0, 0.05) is 0 Å². The average Bonchev–Trinajstić information content (AvgIpc) is 1.88. The first-order valence-electron chi connectivity index (χ1n) is 3.12. The van der Waals surface area contributed by atoms with Crippen molar-refractivity contribution in [3.63, 3.8) is 0 Å². The second-order valence-corrected chi connectivity index (χ2v) is 1.73. The molecule has 0 fully saturated rings. The smallest absolute Gasteiger partial charge is 0.100 e. The highest BCUT2D eigenvalue weighted by atomic mass is 16.3. The van der Waals surface area contributed by atoms with E-state index in [1.54, 1.807) is 0 Å². The molecular formula is C6H16O3. The topological polar surface area (TPSA) is 60.7 Å². The summed E-state index contributed by atoms with van der Waals surface area (Å²) in [5, 5.41) is 24.0. The lowest BCUT2D eigenvalue weighted by Crippen LogP contribution is -2.15. The van der Waals surface area contributed by atoms with E-state index in [4.69, 9.17) is 15.3 Å². The van der Waals surface area contributed by atoms with Crippen LogP contribution in [0.15, 0.2) is 0 Å². The first kappa shape index (κ1) is 11.6. The van der Waals surface area contributed by atoms with Crippen LogP contribution in [-0.2, 0) is 0 Å². The van der Waals surface area contributed by atoms with Crippen LogP contribution in [0.1, 0.15) is 20.3 Å². The van der Waals surface area contributed by atoms with E-state index in [-0.39, 0.29) is 13.2 Å². The van der Waals surface area contributed by atoms with Crippen molar-refractivity contribution in [2.45, 2.75) is 26.4 Å². The number of hydrogen-bond acceptors (Lipinski definition) is 3. The monoisotopic (exact) mass is 136 g/mol. The highest BCUT2D eigenvalue weighted by Gasteiger charge is 1.93. The zero-order chi connectivity index (χ0) is 7.70. The van der Waals surface area contributed by atoms with Gasteiger partial charge in [0.2, 0.25) is 0 Å². The Balaban J connectivity index is 0. The molecule has 3 N–H and O–H groups in total. The third-order valence-electron chi connectivity index (χ3n) is 0.421.